The Kier molecular flexibility index (Phi) is 3.88. The van der Waals surface area contributed by atoms with Crippen LogP contribution >= 0.6 is 15.9 Å². The maximum absolute atomic E-state index is 12.9. The molecule has 0 atom stereocenters. The van der Waals surface area contributed by atoms with Crippen molar-refractivity contribution in [1.82, 2.24) is 4.57 Å². The topological polar surface area (TPSA) is 22.0 Å². The standard InChI is InChI=1S/C17H13BrFNO/c18-14-4-1-12-7-9-20(16(12)11-14)10-8-17(21)13-2-5-15(19)6-3-13/h1-7,9,11H,8,10H2. The van der Waals surface area contributed by atoms with Crippen molar-refractivity contribution < 1.29 is 9.18 Å². The van der Waals surface area contributed by atoms with Gasteiger partial charge < -0.3 is 4.57 Å². The molecule has 1 aromatic heterocycles. The van der Waals surface area contributed by atoms with Crippen LogP contribution < -0.4 is 0 Å². The second-order valence-corrected chi connectivity index (χ2v) is 5.81. The molecule has 0 saturated heterocycles. The molecule has 1 heterocycles. The highest BCUT2D eigenvalue weighted by molar-refractivity contribution is 9.10. The maximum atomic E-state index is 12.9. The fraction of sp³-hybridized carbons (Fsp3) is 0.118. The van der Waals surface area contributed by atoms with E-state index < -0.39 is 0 Å². The van der Waals surface area contributed by atoms with E-state index in [2.05, 4.69) is 20.5 Å². The van der Waals surface area contributed by atoms with Gasteiger partial charge in [0.2, 0.25) is 0 Å². The van der Waals surface area contributed by atoms with Gasteiger partial charge in [-0.25, -0.2) is 4.39 Å². The summed E-state index contributed by atoms with van der Waals surface area (Å²) in [4.78, 5) is 12.1. The van der Waals surface area contributed by atoms with Gasteiger partial charge in [-0.15, -0.1) is 0 Å². The molecule has 0 radical (unpaired) electrons. The van der Waals surface area contributed by atoms with Crippen LogP contribution in [0.3, 0.4) is 0 Å². The number of hydrogen-bond donors (Lipinski definition) is 0. The first kappa shape index (κ1) is 14.0. The van der Waals surface area contributed by atoms with Crippen molar-refractivity contribution in [2.45, 2.75) is 13.0 Å². The van der Waals surface area contributed by atoms with Crippen LogP contribution in [0.25, 0.3) is 10.9 Å². The third kappa shape index (κ3) is 3.05. The molecule has 2 aromatic carbocycles. The number of fused-ring (bicyclic) bond motifs is 1. The quantitative estimate of drug-likeness (QED) is 0.621. The number of ketones is 1. The van der Waals surface area contributed by atoms with Crippen LogP contribution in [-0.2, 0) is 6.54 Å². The molecular weight excluding hydrogens is 333 g/mol. The number of Topliss-reactive ketones (excluding diaryl/α,β-unsaturated/α-hetero) is 1. The lowest BCUT2D eigenvalue weighted by Crippen LogP contribution is -2.05. The fourth-order valence-electron chi connectivity index (χ4n) is 2.35. The van der Waals surface area contributed by atoms with Gasteiger partial charge >= 0.3 is 0 Å². The van der Waals surface area contributed by atoms with Gasteiger partial charge in [0.25, 0.3) is 0 Å². The molecule has 0 saturated carbocycles. The Hall–Kier alpha value is -1.94. The fourth-order valence-corrected chi connectivity index (χ4v) is 2.70. The highest BCUT2D eigenvalue weighted by atomic mass is 79.9. The molecule has 3 rings (SSSR count). The monoisotopic (exact) mass is 345 g/mol. The number of rotatable bonds is 4. The number of aromatic nitrogens is 1. The molecule has 0 bridgehead atoms. The number of hydrogen-bond acceptors (Lipinski definition) is 1. The summed E-state index contributed by atoms with van der Waals surface area (Å²) in [5, 5.41) is 1.15. The van der Waals surface area contributed by atoms with E-state index >= 15 is 0 Å². The van der Waals surface area contributed by atoms with Gasteiger partial charge in [0, 0.05) is 34.7 Å². The van der Waals surface area contributed by atoms with Gasteiger partial charge in [0.05, 0.1) is 0 Å². The molecule has 106 valence electrons. The van der Waals surface area contributed by atoms with Crippen molar-refractivity contribution >= 4 is 32.6 Å². The molecule has 3 aromatic rings. The minimum Gasteiger partial charge on any atom is -0.347 e. The number of benzene rings is 2. The predicted molar refractivity (Wildman–Crippen MR) is 85.0 cm³/mol. The number of nitrogens with zero attached hydrogens (tertiary/aromatic N) is 1. The van der Waals surface area contributed by atoms with Gasteiger partial charge in [0.1, 0.15) is 5.82 Å². The molecule has 0 aliphatic rings. The van der Waals surface area contributed by atoms with Crippen LogP contribution in [0, 0.1) is 5.82 Å². The smallest absolute Gasteiger partial charge is 0.164 e. The average molecular weight is 346 g/mol. The number of carbonyl (C=O) groups is 1. The van der Waals surface area contributed by atoms with Gasteiger partial charge in [-0.2, -0.15) is 0 Å². The lowest BCUT2D eigenvalue weighted by molar-refractivity contribution is 0.0977. The minimum atomic E-state index is -0.326. The van der Waals surface area contributed by atoms with Crippen molar-refractivity contribution in [3.63, 3.8) is 0 Å². The third-order valence-corrected chi connectivity index (χ3v) is 3.98. The van der Waals surface area contributed by atoms with E-state index in [1.807, 2.05) is 30.5 Å². The van der Waals surface area contributed by atoms with Crippen LogP contribution in [0.2, 0.25) is 0 Å². The lowest BCUT2D eigenvalue weighted by atomic mass is 10.1. The molecule has 0 fully saturated rings. The van der Waals surface area contributed by atoms with E-state index in [9.17, 15) is 9.18 Å². The number of halogens is 2. The molecule has 0 aliphatic heterocycles. The molecule has 0 aliphatic carbocycles. The summed E-state index contributed by atoms with van der Waals surface area (Å²) in [5.41, 5.74) is 1.64. The first-order valence-corrected chi connectivity index (χ1v) is 7.46. The normalized spacial score (nSPS) is 11.0. The molecule has 2 nitrogen and oxygen atoms in total. The highest BCUT2D eigenvalue weighted by Crippen LogP contribution is 2.21. The molecule has 0 amide bonds. The Labute approximate surface area is 130 Å². The van der Waals surface area contributed by atoms with Crippen molar-refractivity contribution in [3.8, 4) is 0 Å². The molecule has 4 heteroatoms. The Morgan fingerprint density at radius 3 is 2.62 bits per heavy atom. The first-order valence-electron chi connectivity index (χ1n) is 6.67. The van der Waals surface area contributed by atoms with E-state index in [1.165, 1.54) is 24.3 Å². The SMILES string of the molecule is O=C(CCn1ccc2ccc(Br)cc21)c1ccc(F)cc1. The largest absolute Gasteiger partial charge is 0.347 e. The van der Waals surface area contributed by atoms with Gasteiger partial charge in [-0.05, 0) is 47.9 Å². The van der Waals surface area contributed by atoms with Crippen LogP contribution in [0.5, 0.6) is 0 Å². The average Bonchev–Trinajstić information content (AvgIpc) is 2.88. The van der Waals surface area contributed by atoms with Crippen molar-refractivity contribution in [2.75, 3.05) is 0 Å². The second kappa shape index (κ2) is 5.82. The van der Waals surface area contributed by atoms with Crippen LogP contribution in [0.15, 0.2) is 59.2 Å². The third-order valence-electron chi connectivity index (χ3n) is 3.48. The molecular formula is C17H13BrFNO. The molecule has 0 unspecified atom stereocenters. The minimum absolute atomic E-state index is 0.0202. The summed E-state index contributed by atoms with van der Waals surface area (Å²) in [6, 6.07) is 13.8. The highest BCUT2D eigenvalue weighted by Gasteiger charge is 2.08. The van der Waals surface area contributed by atoms with Crippen LogP contribution in [0.4, 0.5) is 4.39 Å². The van der Waals surface area contributed by atoms with Gasteiger partial charge in [-0.1, -0.05) is 22.0 Å². The summed E-state index contributed by atoms with van der Waals surface area (Å²) in [7, 11) is 0. The molecule has 0 spiro atoms. The summed E-state index contributed by atoms with van der Waals surface area (Å²) < 4.78 is 15.9. The predicted octanol–water partition coefficient (Wildman–Crippen LogP) is 4.82. The maximum Gasteiger partial charge on any atom is 0.164 e. The zero-order chi connectivity index (χ0) is 14.8. The summed E-state index contributed by atoms with van der Waals surface area (Å²) in [6.45, 7) is 0.607. The summed E-state index contributed by atoms with van der Waals surface area (Å²) in [5.74, 6) is -0.306. The van der Waals surface area contributed by atoms with Gasteiger partial charge in [0.15, 0.2) is 5.78 Å². The molecule has 0 N–H and O–H groups in total. The Balaban J connectivity index is 1.75. The van der Waals surface area contributed by atoms with E-state index in [0.29, 0.717) is 18.5 Å². The van der Waals surface area contributed by atoms with E-state index in [-0.39, 0.29) is 11.6 Å². The second-order valence-electron chi connectivity index (χ2n) is 4.89. The Morgan fingerprint density at radius 2 is 1.86 bits per heavy atom. The number of aryl methyl sites for hydroxylation is 1. The van der Waals surface area contributed by atoms with Crippen LogP contribution in [0.1, 0.15) is 16.8 Å². The summed E-state index contributed by atoms with van der Waals surface area (Å²) >= 11 is 3.46. The Bertz CT molecular complexity index is 792. The van der Waals surface area contributed by atoms with Gasteiger partial charge in [-0.3, -0.25) is 4.79 Å². The van der Waals surface area contributed by atoms with Crippen molar-refractivity contribution in [2.24, 2.45) is 0 Å². The zero-order valence-corrected chi connectivity index (χ0v) is 12.8. The van der Waals surface area contributed by atoms with E-state index in [0.717, 1.165) is 15.4 Å². The van der Waals surface area contributed by atoms with E-state index in [1.54, 1.807) is 0 Å². The zero-order valence-electron chi connectivity index (χ0n) is 11.2. The first-order chi connectivity index (χ1) is 10.1. The summed E-state index contributed by atoms with van der Waals surface area (Å²) in [6.07, 6.45) is 2.37. The van der Waals surface area contributed by atoms with E-state index in [4.69, 9.17) is 0 Å². The Morgan fingerprint density at radius 1 is 1.10 bits per heavy atom. The van der Waals surface area contributed by atoms with Crippen molar-refractivity contribution in [3.05, 3.63) is 70.6 Å². The lowest BCUT2D eigenvalue weighted by Gasteiger charge is -2.06. The van der Waals surface area contributed by atoms with Crippen LogP contribution in [-0.4, -0.2) is 10.4 Å². The molecule has 21 heavy (non-hydrogen) atoms. The number of carbonyl (C=O) groups excluding carboxylic acids is 1. The van der Waals surface area contributed by atoms with Crippen molar-refractivity contribution in [1.29, 1.82) is 0 Å².